The zero-order valence-electron chi connectivity index (χ0n) is 13.5. The summed E-state index contributed by atoms with van der Waals surface area (Å²) < 4.78 is 15.7. The molecule has 0 aliphatic carbocycles. The molecule has 126 valence electrons. The molecule has 4 rings (SSSR count). The molecule has 2 aromatic carbocycles. The molecule has 5 nitrogen and oxygen atoms in total. The minimum Gasteiger partial charge on any atom is -0.362 e. The van der Waals surface area contributed by atoms with Crippen molar-refractivity contribution in [3.8, 4) is 5.69 Å². The van der Waals surface area contributed by atoms with E-state index in [0.29, 0.717) is 11.4 Å². The molecule has 25 heavy (non-hydrogen) atoms. The van der Waals surface area contributed by atoms with Gasteiger partial charge < -0.3 is 10.2 Å². The summed E-state index contributed by atoms with van der Waals surface area (Å²) in [6.07, 6.45) is 4.20. The van der Waals surface area contributed by atoms with Crippen molar-refractivity contribution in [2.45, 2.75) is 6.42 Å². The van der Waals surface area contributed by atoms with E-state index in [9.17, 15) is 9.18 Å². The van der Waals surface area contributed by atoms with E-state index in [1.807, 2.05) is 23.1 Å². The second-order valence-corrected chi connectivity index (χ2v) is 5.97. The Morgan fingerprint density at radius 2 is 2.04 bits per heavy atom. The first-order valence-corrected chi connectivity index (χ1v) is 8.13. The van der Waals surface area contributed by atoms with Gasteiger partial charge in [-0.3, -0.25) is 4.79 Å². The van der Waals surface area contributed by atoms with E-state index in [0.717, 1.165) is 18.7 Å². The molecule has 0 saturated carbocycles. The first-order chi connectivity index (χ1) is 12.2. The molecule has 2 heterocycles. The minimum absolute atomic E-state index is 0.164. The van der Waals surface area contributed by atoms with Crippen molar-refractivity contribution in [2.75, 3.05) is 23.3 Å². The number of carbonyl (C=O) groups excluding carboxylic acids is 1. The number of carbonyl (C=O) groups is 1. The Kier molecular flexibility index (Phi) is 3.93. The highest BCUT2D eigenvalue weighted by Crippen LogP contribution is 2.27. The van der Waals surface area contributed by atoms with Crippen molar-refractivity contribution in [3.05, 3.63) is 72.3 Å². The zero-order valence-corrected chi connectivity index (χ0v) is 13.5. The van der Waals surface area contributed by atoms with Crippen LogP contribution in [0.15, 0.2) is 60.9 Å². The molecule has 1 N–H and O–H groups in total. The Bertz CT molecular complexity index is 908. The largest absolute Gasteiger partial charge is 0.362 e. The Morgan fingerprint density at radius 1 is 1.16 bits per heavy atom. The molecule has 6 heteroatoms. The van der Waals surface area contributed by atoms with Crippen molar-refractivity contribution in [2.24, 2.45) is 0 Å². The molecule has 1 aromatic heterocycles. The van der Waals surface area contributed by atoms with Crippen LogP contribution in [0, 0.1) is 5.82 Å². The molecule has 1 aliphatic rings. The molecule has 0 bridgehead atoms. The second-order valence-electron chi connectivity index (χ2n) is 5.97. The van der Waals surface area contributed by atoms with Crippen molar-refractivity contribution in [1.29, 1.82) is 0 Å². The lowest BCUT2D eigenvalue weighted by atomic mass is 10.2. The van der Waals surface area contributed by atoms with Gasteiger partial charge in [-0.25, -0.2) is 9.07 Å². The predicted octanol–water partition coefficient (Wildman–Crippen LogP) is 3.01. The number of amides is 1. The summed E-state index contributed by atoms with van der Waals surface area (Å²) in [7, 11) is 0. The third kappa shape index (κ3) is 3.10. The van der Waals surface area contributed by atoms with Crippen LogP contribution in [0.25, 0.3) is 5.69 Å². The lowest BCUT2D eigenvalue weighted by Crippen LogP contribution is -2.31. The second kappa shape index (κ2) is 6.39. The number of hydrogen-bond donors (Lipinski definition) is 1. The standard InChI is InChI=1S/C19H17FN4O/c20-16-12-15(6-7-18(16)24-10-3-9-21-24)22-19(25)13-23-11-8-14-4-1-2-5-17(14)23/h1-7,9-10,12H,8,11,13H2,(H,22,25). The summed E-state index contributed by atoms with van der Waals surface area (Å²) in [5.74, 6) is -0.601. The third-order valence-electron chi connectivity index (χ3n) is 4.30. The summed E-state index contributed by atoms with van der Waals surface area (Å²) in [4.78, 5) is 14.4. The quantitative estimate of drug-likeness (QED) is 0.797. The Hall–Kier alpha value is -3.15. The summed E-state index contributed by atoms with van der Waals surface area (Å²) in [6, 6.07) is 14.4. The monoisotopic (exact) mass is 336 g/mol. The fraction of sp³-hybridized carbons (Fsp3) is 0.158. The molecule has 0 atom stereocenters. The molecular formula is C19H17FN4O. The highest BCUT2D eigenvalue weighted by Gasteiger charge is 2.20. The molecule has 0 unspecified atom stereocenters. The number of aromatic nitrogens is 2. The number of fused-ring (bicyclic) bond motifs is 1. The van der Waals surface area contributed by atoms with E-state index in [-0.39, 0.29) is 12.5 Å². The van der Waals surface area contributed by atoms with Crippen LogP contribution in [-0.2, 0) is 11.2 Å². The molecule has 0 fully saturated rings. The summed E-state index contributed by atoms with van der Waals surface area (Å²) in [5.41, 5.74) is 3.13. The van der Waals surface area contributed by atoms with Gasteiger partial charge in [0.05, 0.1) is 6.54 Å². The number of para-hydroxylation sites is 1. The molecule has 0 radical (unpaired) electrons. The van der Waals surface area contributed by atoms with Crippen LogP contribution in [0.3, 0.4) is 0 Å². The van der Waals surface area contributed by atoms with E-state index in [4.69, 9.17) is 0 Å². The lowest BCUT2D eigenvalue weighted by Gasteiger charge is -2.18. The van der Waals surface area contributed by atoms with Crippen LogP contribution >= 0.6 is 0 Å². The highest BCUT2D eigenvalue weighted by atomic mass is 19.1. The van der Waals surface area contributed by atoms with Crippen LogP contribution < -0.4 is 10.2 Å². The first-order valence-electron chi connectivity index (χ1n) is 8.13. The summed E-state index contributed by atoms with van der Waals surface area (Å²) >= 11 is 0. The van der Waals surface area contributed by atoms with Crippen molar-refractivity contribution >= 4 is 17.3 Å². The van der Waals surface area contributed by atoms with E-state index in [1.54, 1.807) is 30.6 Å². The number of nitrogens with one attached hydrogen (secondary N) is 1. The van der Waals surface area contributed by atoms with Gasteiger partial charge in [-0.2, -0.15) is 5.10 Å². The topological polar surface area (TPSA) is 50.2 Å². The highest BCUT2D eigenvalue weighted by molar-refractivity contribution is 5.94. The number of anilines is 2. The van der Waals surface area contributed by atoms with Crippen LogP contribution in [0.2, 0.25) is 0 Å². The fourth-order valence-electron chi connectivity index (χ4n) is 3.13. The smallest absolute Gasteiger partial charge is 0.243 e. The van der Waals surface area contributed by atoms with Crippen molar-refractivity contribution in [1.82, 2.24) is 9.78 Å². The molecule has 3 aromatic rings. The Balaban J connectivity index is 1.44. The van der Waals surface area contributed by atoms with Crippen LogP contribution in [0.5, 0.6) is 0 Å². The van der Waals surface area contributed by atoms with Gasteiger partial charge >= 0.3 is 0 Å². The van der Waals surface area contributed by atoms with Crippen molar-refractivity contribution < 1.29 is 9.18 Å². The summed E-state index contributed by atoms with van der Waals surface area (Å²) in [5, 5.41) is 6.77. The normalized spacial score (nSPS) is 12.9. The van der Waals surface area contributed by atoms with Crippen LogP contribution in [-0.4, -0.2) is 28.8 Å². The Morgan fingerprint density at radius 3 is 2.84 bits per heavy atom. The zero-order chi connectivity index (χ0) is 17.2. The van der Waals surface area contributed by atoms with E-state index in [2.05, 4.69) is 16.5 Å². The molecule has 1 aliphatic heterocycles. The maximum absolute atomic E-state index is 14.2. The number of benzene rings is 2. The Labute approximate surface area is 144 Å². The number of hydrogen-bond acceptors (Lipinski definition) is 3. The van der Waals surface area contributed by atoms with Gasteiger partial charge in [0.25, 0.3) is 0 Å². The van der Waals surface area contributed by atoms with Gasteiger partial charge in [-0.05, 0) is 42.3 Å². The number of nitrogens with zero attached hydrogens (tertiary/aromatic N) is 3. The van der Waals surface area contributed by atoms with E-state index < -0.39 is 5.82 Å². The van der Waals surface area contributed by atoms with Gasteiger partial charge in [0.15, 0.2) is 5.82 Å². The van der Waals surface area contributed by atoms with Crippen LogP contribution in [0.4, 0.5) is 15.8 Å². The summed E-state index contributed by atoms with van der Waals surface area (Å²) in [6.45, 7) is 1.07. The van der Waals surface area contributed by atoms with Gasteiger partial charge in [0, 0.05) is 30.3 Å². The predicted molar refractivity (Wildman–Crippen MR) is 94.5 cm³/mol. The molecule has 0 spiro atoms. The third-order valence-corrected chi connectivity index (χ3v) is 4.30. The van der Waals surface area contributed by atoms with Crippen LogP contribution in [0.1, 0.15) is 5.56 Å². The van der Waals surface area contributed by atoms with E-state index in [1.165, 1.54) is 16.3 Å². The van der Waals surface area contributed by atoms with E-state index >= 15 is 0 Å². The SMILES string of the molecule is O=C(CN1CCc2ccccc21)Nc1ccc(-n2cccn2)c(F)c1. The molecule has 1 amide bonds. The fourth-order valence-corrected chi connectivity index (χ4v) is 3.13. The maximum Gasteiger partial charge on any atom is 0.243 e. The van der Waals surface area contributed by atoms with Gasteiger partial charge in [-0.15, -0.1) is 0 Å². The molecule has 0 saturated heterocycles. The number of rotatable bonds is 4. The maximum atomic E-state index is 14.2. The first kappa shape index (κ1) is 15.4. The minimum atomic E-state index is -0.437. The number of halogens is 1. The van der Waals surface area contributed by atoms with Crippen molar-refractivity contribution in [3.63, 3.8) is 0 Å². The van der Waals surface area contributed by atoms with Gasteiger partial charge in [0.2, 0.25) is 5.91 Å². The lowest BCUT2D eigenvalue weighted by molar-refractivity contribution is -0.115. The average Bonchev–Trinajstić information content (AvgIpc) is 3.26. The van der Waals surface area contributed by atoms with Gasteiger partial charge in [0.1, 0.15) is 5.69 Å². The molecular weight excluding hydrogens is 319 g/mol. The average molecular weight is 336 g/mol. The van der Waals surface area contributed by atoms with Gasteiger partial charge in [-0.1, -0.05) is 18.2 Å².